The molecule has 3 heterocycles. The summed E-state index contributed by atoms with van der Waals surface area (Å²) in [5, 5.41) is 0. The Bertz CT molecular complexity index is 1090. The van der Waals surface area contributed by atoms with Crippen LogP contribution in [-0.4, -0.2) is 48.6 Å². The molecule has 0 aliphatic carbocycles. The molecular weight excluding hydrogens is 412 g/mol. The molecule has 29 heavy (non-hydrogen) atoms. The quantitative estimate of drug-likeness (QED) is 0.358. The van der Waals surface area contributed by atoms with Gasteiger partial charge in [0.1, 0.15) is 17.3 Å². The van der Waals surface area contributed by atoms with Crippen molar-refractivity contribution < 1.29 is 31.8 Å². The van der Waals surface area contributed by atoms with Crippen molar-refractivity contribution in [1.82, 2.24) is 9.88 Å². The third-order valence-electron chi connectivity index (χ3n) is 4.48. The monoisotopic (exact) mass is 426 g/mol. The van der Waals surface area contributed by atoms with E-state index in [1.54, 1.807) is 7.05 Å². The number of ether oxygens (including phenoxy) is 2. The molecule has 152 valence electrons. The van der Waals surface area contributed by atoms with Crippen LogP contribution in [0, 0.1) is 17.5 Å². The molecule has 1 aliphatic heterocycles. The number of hydrogen-bond acceptors (Lipinski definition) is 6. The highest BCUT2D eigenvalue weighted by Crippen LogP contribution is 2.36. The molecule has 2 atom stereocenters. The molecule has 0 N–H and O–H groups in total. The van der Waals surface area contributed by atoms with Gasteiger partial charge in [0.25, 0.3) is 0 Å². The largest absolute Gasteiger partial charge is 0.440 e. The highest BCUT2D eigenvalue weighted by molar-refractivity contribution is 7.21. The Morgan fingerprint density at radius 3 is 2.83 bits per heavy atom. The molecular formula is C19H14F4N2O3S. The molecule has 0 saturated carbocycles. The van der Waals surface area contributed by atoms with Gasteiger partial charge in [0.15, 0.2) is 17.9 Å². The van der Waals surface area contributed by atoms with E-state index in [4.69, 9.17) is 9.47 Å². The number of aromatic nitrogens is 1. The van der Waals surface area contributed by atoms with E-state index in [-0.39, 0.29) is 29.2 Å². The number of rotatable bonds is 3. The van der Waals surface area contributed by atoms with Crippen LogP contribution in [0.3, 0.4) is 0 Å². The van der Waals surface area contributed by atoms with Crippen LogP contribution >= 0.6 is 11.3 Å². The average molecular weight is 426 g/mol. The highest BCUT2D eigenvalue weighted by Gasteiger charge is 2.30. The van der Waals surface area contributed by atoms with Gasteiger partial charge in [0.2, 0.25) is 6.36 Å². The van der Waals surface area contributed by atoms with Crippen molar-refractivity contribution in [2.24, 2.45) is 0 Å². The molecule has 5 nitrogen and oxygen atoms in total. The number of carbonyl (C=O) groups excluding carboxylic acids is 1. The number of nitrogens with zero attached hydrogens (tertiary/aromatic N) is 2. The number of thiophene rings is 1. The van der Waals surface area contributed by atoms with E-state index >= 15 is 0 Å². The number of hydrogen-bond donors (Lipinski definition) is 0. The van der Waals surface area contributed by atoms with E-state index in [9.17, 15) is 22.4 Å². The Hall–Kier alpha value is -2.56. The van der Waals surface area contributed by atoms with Crippen molar-refractivity contribution in [2.75, 3.05) is 20.2 Å². The number of morpholine rings is 1. The summed E-state index contributed by atoms with van der Waals surface area (Å²) in [6.07, 6.45) is -0.860. The lowest BCUT2D eigenvalue weighted by Gasteiger charge is -2.33. The highest BCUT2D eigenvalue weighted by atomic mass is 32.1. The first-order valence-electron chi connectivity index (χ1n) is 8.54. The van der Waals surface area contributed by atoms with E-state index in [0.29, 0.717) is 16.3 Å². The Kier molecular flexibility index (Phi) is 5.24. The van der Waals surface area contributed by atoms with Crippen molar-refractivity contribution in [3.05, 3.63) is 52.8 Å². The first kappa shape index (κ1) is 19.7. The summed E-state index contributed by atoms with van der Waals surface area (Å²) < 4.78 is 65.3. The van der Waals surface area contributed by atoms with Crippen molar-refractivity contribution in [3.8, 4) is 11.1 Å². The van der Waals surface area contributed by atoms with Gasteiger partial charge in [-0.15, -0.1) is 11.3 Å². The normalized spacial score (nSPS) is 20.2. The second kappa shape index (κ2) is 7.69. The maximum atomic E-state index is 14.2. The minimum Gasteiger partial charge on any atom is -0.440 e. The van der Waals surface area contributed by atoms with Gasteiger partial charge in [-0.1, -0.05) is 0 Å². The molecule has 4 rings (SSSR count). The van der Waals surface area contributed by atoms with Crippen LogP contribution in [0.5, 0.6) is 0 Å². The fraction of sp³-hybridized carbons (Fsp3) is 0.263. The van der Waals surface area contributed by atoms with Gasteiger partial charge in [0.05, 0.1) is 16.8 Å². The molecule has 2 unspecified atom stereocenters. The van der Waals surface area contributed by atoms with Crippen LogP contribution < -0.4 is 0 Å². The van der Waals surface area contributed by atoms with Gasteiger partial charge in [-0.25, -0.2) is 22.4 Å². The fourth-order valence-corrected chi connectivity index (χ4v) is 4.05. The molecule has 0 spiro atoms. The first-order valence-corrected chi connectivity index (χ1v) is 9.35. The van der Waals surface area contributed by atoms with E-state index in [0.717, 1.165) is 17.4 Å². The van der Waals surface area contributed by atoms with Gasteiger partial charge >= 0.3 is 5.97 Å². The van der Waals surface area contributed by atoms with Crippen LogP contribution in [0.4, 0.5) is 17.6 Å². The lowest BCUT2D eigenvalue weighted by molar-refractivity contribution is -0.172. The lowest BCUT2D eigenvalue weighted by Crippen LogP contribution is -2.48. The van der Waals surface area contributed by atoms with Gasteiger partial charge in [-0.05, 0) is 25.2 Å². The molecule has 10 heteroatoms. The number of fused-ring (bicyclic) bond motifs is 1. The summed E-state index contributed by atoms with van der Waals surface area (Å²) in [6, 6.07) is 4.20. The Balaban J connectivity index is 1.67. The van der Waals surface area contributed by atoms with E-state index in [1.807, 2.05) is 0 Å². The zero-order chi connectivity index (χ0) is 20.7. The molecule has 1 aromatic carbocycles. The van der Waals surface area contributed by atoms with Crippen LogP contribution in [0.2, 0.25) is 0 Å². The van der Waals surface area contributed by atoms with Gasteiger partial charge in [0, 0.05) is 23.4 Å². The van der Waals surface area contributed by atoms with Crippen LogP contribution in [0.1, 0.15) is 9.67 Å². The second-order valence-corrected chi connectivity index (χ2v) is 7.53. The predicted molar refractivity (Wildman–Crippen MR) is 97.6 cm³/mol. The van der Waals surface area contributed by atoms with Crippen molar-refractivity contribution in [2.45, 2.75) is 12.6 Å². The molecule has 0 radical (unpaired) electrons. The zero-order valence-corrected chi connectivity index (χ0v) is 15.8. The minimum atomic E-state index is -1.45. The second-order valence-electron chi connectivity index (χ2n) is 6.48. The zero-order valence-electron chi connectivity index (χ0n) is 15.0. The van der Waals surface area contributed by atoms with E-state index in [2.05, 4.69) is 4.98 Å². The minimum absolute atomic E-state index is 0.0412. The topological polar surface area (TPSA) is 51.7 Å². The number of benzene rings is 1. The Labute approximate surface area is 166 Å². The van der Waals surface area contributed by atoms with Gasteiger partial charge in [-0.2, -0.15) is 0 Å². The smallest absolute Gasteiger partial charge is 0.350 e. The summed E-state index contributed by atoms with van der Waals surface area (Å²) in [4.78, 5) is 18.3. The number of pyridine rings is 1. The Morgan fingerprint density at radius 2 is 2.07 bits per heavy atom. The van der Waals surface area contributed by atoms with Crippen LogP contribution in [0.15, 0.2) is 30.5 Å². The summed E-state index contributed by atoms with van der Waals surface area (Å²) in [5.41, 5.74) is 0.278. The number of likely N-dealkylation sites (N-methyl/N-ethyl adjacent to an activating group) is 1. The van der Waals surface area contributed by atoms with Crippen molar-refractivity contribution >= 4 is 27.5 Å². The van der Waals surface area contributed by atoms with Gasteiger partial charge in [-0.3, -0.25) is 9.88 Å². The summed E-state index contributed by atoms with van der Waals surface area (Å²) >= 11 is 0.956. The van der Waals surface area contributed by atoms with Crippen molar-refractivity contribution in [3.63, 3.8) is 0 Å². The molecule has 0 amide bonds. The third-order valence-corrected chi connectivity index (χ3v) is 5.62. The molecule has 1 saturated heterocycles. The number of esters is 1. The molecule has 3 aromatic rings. The van der Waals surface area contributed by atoms with Gasteiger partial charge < -0.3 is 9.47 Å². The Morgan fingerprint density at radius 1 is 1.28 bits per heavy atom. The lowest BCUT2D eigenvalue weighted by atomic mass is 10.1. The number of halogens is 4. The summed E-state index contributed by atoms with van der Waals surface area (Å²) in [6.45, 7) is -0.161. The maximum absolute atomic E-state index is 14.2. The average Bonchev–Trinajstić information content (AvgIpc) is 3.11. The summed E-state index contributed by atoms with van der Waals surface area (Å²) in [7, 11) is 1.60. The van der Waals surface area contributed by atoms with Crippen LogP contribution in [0.25, 0.3) is 21.3 Å². The van der Waals surface area contributed by atoms with E-state index < -0.39 is 36.0 Å². The standard InChI is InChI=1S/C19H14F4N2O3S/c1-25-7-15(22)27-8-16(25)28-19(26)14-6-13-18(29-14)10(2-3-24-13)11-4-9(20)5-12(21)17(11)23/h2-6,15-16H,7-8H2,1H3. The number of alkyl halides is 1. The SMILES string of the molecule is CN1CC(F)OCC1OC(=O)c1cc2nccc(-c3cc(F)cc(F)c3F)c2s1. The molecule has 0 bridgehead atoms. The molecule has 1 aliphatic rings. The summed E-state index contributed by atoms with van der Waals surface area (Å²) in [5.74, 6) is -4.13. The fourth-order valence-electron chi connectivity index (χ4n) is 3.02. The molecule has 2 aromatic heterocycles. The van der Waals surface area contributed by atoms with Crippen LogP contribution in [-0.2, 0) is 9.47 Å². The molecule has 1 fully saturated rings. The number of carbonyl (C=O) groups is 1. The predicted octanol–water partition coefficient (Wildman–Crippen LogP) is 4.12. The van der Waals surface area contributed by atoms with Crippen molar-refractivity contribution in [1.29, 1.82) is 0 Å². The first-order chi connectivity index (χ1) is 13.8. The van der Waals surface area contributed by atoms with E-state index in [1.165, 1.54) is 23.2 Å². The maximum Gasteiger partial charge on any atom is 0.350 e. The third kappa shape index (κ3) is 3.83.